The van der Waals surface area contributed by atoms with Gasteiger partial charge in [-0.2, -0.15) is 13.2 Å². The van der Waals surface area contributed by atoms with E-state index in [0.717, 1.165) is 10.7 Å². The zero-order valence-corrected chi connectivity index (χ0v) is 13.7. The van der Waals surface area contributed by atoms with E-state index < -0.39 is 43.0 Å². The molecule has 2 aromatic rings. The molecule has 13 heteroatoms. The fraction of sp³-hybridized carbons (Fsp3) is 0.273. The average molecular weight is 384 g/mol. The van der Waals surface area contributed by atoms with Crippen LogP contribution in [0.1, 0.15) is 15.9 Å². The van der Waals surface area contributed by atoms with Gasteiger partial charge in [-0.3, -0.25) is 10.1 Å². The summed E-state index contributed by atoms with van der Waals surface area (Å²) in [5.74, 6) is -1.06. The van der Waals surface area contributed by atoms with Crippen molar-refractivity contribution in [3.63, 3.8) is 0 Å². The Labute approximate surface area is 138 Å². The summed E-state index contributed by atoms with van der Waals surface area (Å²) < 4.78 is 63.5. The zero-order chi connectivity index (χ0) is 18.3. The molecule has 8 nitrogen and oxygen atoms in total. The van der Waals surface area contributed by atoms with Crippen molar-refractivity contribution in [1.29, 1.82) is 0 Å². The Morgan fingerprint density at radius 2 is 1.96 bits per heavy atom. The van der Waals surface area contributed by atoms with Crippen LogP contribution in [-0.4, -0.2) is 40.8 Å². The molecule has 1 N–H and O–H groups in total. The average Bonchev–Trinajstić information content (AvgIpc) is 2.81. The van der Waals surface area contributed by atoms with Crippen LogP contribution in [0.2, 0.25) is 5.02 Å². The predicted molar refractivity (Wildman–Crippen MR) is 76.3 cm³/mol. The maximum Gasteiger partial charge on any atom is 0.417 e. The quantitative estimate of drug-likeness (QED) is 0.861. The number of amides is 1. The number of aryl methyl sites for hydroxylation is 1. The van der Waals surface area contributed by atoms with Crippen molar-refractivity contribution in [2.75, 3.05) is 11.6 Å². The number of alkyl halides is 3. The summed E-state index contributed by atoms with van der Waals surface area (Å²) in [4.78, 5) is 11.0. The minimum Gasteiger partial charge on any atom is -0.289 e. The molecule has 130 valence electrons. The van der Waals surface area contributed by atoms with Crippen molar-refractivity contribution < 1.29 is 26.4 Å². The number of nitrogens with one attached hydrogen (secondary N) is 1. The molecule has 0 saturated heterocycles. The van der Waals surface area contributed by atoms with Crippen molar-refractivity contribution in [1.82, 2.24) is 20.2 Å². The topological polar surface area (TPSA) is 107 Å². The van der Waals surface area contributed by atoms with Crippen molar-refractivity contribution in [3.8, 4) is 0 Å². The van der Waals surface area contributed by atoms with Crippen LogP contribution < -0.4 is 5.32 Å². The fourth-order valence-corrected chi connectivity index (χ4v) is 3.51. The van der Waals surface area contributed by atoms with Crippen molar-refractivity contribution >= 4 is 33.3 Å². The van der Waals surface area contributed by atoms with E-state index in [2.05, 4.69) is 20.8 Å². The zero-order valence-electron chi connectivity index (χ0n) is 12.1. The van der Waals surface area contributed by atoms with E-state index in [0.29, 0.717) is 12.3 Å². The molecule has 0 saturated carbocycles. The maximum absolute atomic E-state index is 13.0. The number of aromatic nitrogens is 4. The van der Waals surface area contributed by atoms with E-state index in [1.54, 1.807) is 0 Å². The van der Waals surface area contributed by atoms with Gasteiger partial charge in [0, 0.05) is 13.3 Å². The number of halogens is 4. The molecule has 1 aromatic heterocycles. The van der Waals surface area contributed by atoms with Crippen LogP contribution in [0.25, 0.3) is 0 Å². The van der Waals surface area contributed by atoms with Gasteiger partial charge in [0.2, 0.25) is 5.95 Å². The number of nitrogens with zero attached hydrogens (tertiary/aromatic N) is 4. The summed E-state index contributed by atoms with van der Waals surface area (Å²) in [6.45, 7) is 0. The lowest BCUT2D eigenvalue weighted by Gasteiger charge is -2.15. The molecule has 1 amide bonds. The molecule has 24 heavy (non-hydrogen) atoms. The van der Waals surface area contributed by atoms with Crippen LogP contribution >= 0.6 is 11.6 Å². The largest absolute Gasteiger partial charge is 0.417 e. The van der Waals surface area contributed by atoms with Gasteiger partial charge in [-0.15, -0.1) is 0 Å². The van der Waals surface area contributed by atoms with Gasteiger partial charge in [0.05, 0.1) is 21.0 Å². The Morgan fingerprint density at radius 3 is 2.42 bits per heavy atom. The Kier molecular flexibility index (Phi) is 4.55. The lowest BCUT2D eigenvalue weighted by atomic mass is 10.1. The highest BCUT2D eigenvalue weighted by molar-refractivity contribution is 7.90. The Hall–Kier alpha value is -2.21. The summed E-state index contributed by atoms with van der Waals surface area (Å²) in [6.07, 6.45) is -4.39. The molecule has 0 fully saturated rings. The van der Waals surface area contributed by atoms with Gasteiger partial charge in [-0.05, 0) is 22.6 Å². The first-order chi connectivity index (χ1) is 10.9. The number of anilines is 1. The first-order valence-corrected chi connectivity index (χ1v) is 8.33. The van der Waals surface area contributed by atoms with Crippen molar-refractivity contribution in [2.24, 2.45) is 7.05 Å². The molecule has 0 spiro atoms. The van der Waals surface area contributed by atoms with Gasteiger partial charge >= 0.3 is 6.18 Å². The summed E-state index contributed by atoms with van der Waals surface area (Å²) >= 11 is 5.78. The number of hydrogen-bond donors (Lipinski definition) is 1. The monoisotopic (exact) mass is 383 g/mol. The third-order valence-electron chi connectivity index (χ3n) is 2.86. The second-order valence-corrected chi connectivity index (χ2v) is 6.98. The molecule has 0 aliphatic heterocycles. The van der Waals surface area contributed by atoms with Gasteiger partial charge in [-0.25, -0.2) is 13.1 Å². The summed E-state index contributed by atoms with van der Waals surface area (Å²) in [7, 11) is -2.94. The molecule has 0 radical (unpaired) electrons. The Morgan fingerprint density at radius 1 is 1.33 bits per heavy atom. The summed E-state index contributed by atoms with van der Waals surface area (Å²) in [5.41, 5.74) is -1.92. The number of rotatable bonds is 3. The van der Waals surface area contributed by atoms with Gasteiger partial charge in [0.25, 0.3) is 5.91 Å². The van der Waals surface area contributed by atoms with E-state index in [9.17, 15) is 26.4 Å². The molecule has 0 aliphatic carbocycles. The molecule has 2 rings (SSSR count). The Bertz CT molecular complexity index is 910. The summed E-state index contributed by atoms with van der Waals surface area (Å²) in [6, 6.07) is 1.26. The molecular formula is C11H9ClF3N5O3S. The number of carbonyl (C=O) groups is 1. The van der Waals surface area contributed by atoms with Crippen LogP contribution in [0.3, 0.4) is 0 Å². The summed E-state index contributed by atoms with van der Waals surface area (Å²) in [5, 5.41) is 11.6. The van der Waals surface area contributed by atoms with E-state index in [1.165, 1.54) is 7.05 Å². The highest BCUT2D eigenvalue weighted by Gasteiger charge is 2.38. The smallest absolute Gasteiger partial charge is 0.289 e. The maximum atomic E-state index is 13.0. The first-order valence-electron chi connectivity index (χ1n) is 6.06. The van der Waals surface area contributed by atoms with Crippen molar-refractivity contribution in [3.05, 3.63) is 28.3 Å². The standard InChI is InChI=1S/C11H9ClF3N5O3S/c1-20-10(17-18-19-20)16-9(21)5-3-4-6(11(13,14)15)8(7(5)12)24(2,22)23/h3-4H,1-2H3,(H,16,17,19,21). The number of tetrazole rings is 1. The normalized spacial score (nSPS) is 12.2. The molecule has 0 bridgehead atoms. The van der Waals surface area contributed by atoms with E-state index in [4.69, 9.17) is 11.6 Å². The lowest BCUT2D eigenvalue weighted by Crippen LogP contribution is -2.19. The fourth-order valence-electron chi connectivity index (χ4n) is 1.82. The minimum atomic E-state index is -4.95. The van der Waals surface area contributed by atoms with Crippen LogP contribution in [0.5, 0.6) is 0 Å². The number of benzene rings is 1. The van der Waals surface area contributed by atoms with Gasteiger partial charge < -0.3 is 0 Å². The van der Waals surface area contributed by atoms with E-state index >= 15 is 0 Å². The third-order valence-corrected chi connectivity index (χ3v) is 4.53. The second-order valence-electron chi connectivity index (χ2n) is 4.65. The SMILES string of the molecule is Cn1nnnc1NC(=O)c1ccc(C(F)(F)F)c(S(C)(=O)=O)c1Cl. The molecule has 0 aliphatic rings. The highest BCUT2D eigenvalue weighted by atomic mass is 35.5. The Balaban J connectivity index is 2.58. The van der Waals surface area contributed by atoms with Crippen LogP contribution in [0, 0.1) is 0 Å². The number of carbonyl (C=O) groups excluding carboxylic acids is 1. The van der Waals surface area contributed by atoms with Gasteiger partial charge in [0.15, 0.2) is 9.84 Å². The van der Waals surface area contributed by atoms with Crippen LogP contribution in [0.15, 0.2) is 17.0 Å². The first kappa shape index (κ1) is 18.1. The van der Waals surface area contributed by atoms with Gasteiger partial charge in [-0.1, -0.05) is 16.7 Å². The molecule has 0 atom stereocenters. The van der Waals surface area contributed by atoms with Crippen molar-refractivity contribution in [2.45, 2.75) is 11.1 Å². The molecular weight excluding hydrogens is 375 g/mol. The van der Waals surface area contributed by atoms with E-state index in [1.807, 2.05) is 0 Å². The molecule has 0 unspecified atom stereocenters. The number of sulfone groups is 1. The molecule has 1 heterocycles. The third kappa shape index (κ3) is 3.48. The van der Waals surface area contributed by atoms with Gasteiger partial charge in [0.1, 0.15) is 0 Å². The van der Waals surface area contributed by atoms with E-state index in [-0.39, 0.29) is 5.95 Å². The highest BCUT2D eigenvalue weighted by Crippen LogP contribution is 2.39. The second kappa shape index (κ2) is 6.02. The number of hydrogen-bond acceptors (Lipinski definition) is 6. The predicted octanol–water partition coefficient (Wildman–Crippen LogP) is 1.54. The van der Waals surface area contributed by atoms with Crippen LogP contribution in [-0.2, 0) is 23.1 Å². The van der Waals surface area contributed by atoms with Crippen LogP contribution in [0.4, 0.5) is 19.1 Å². The lowest BCUT2D eigenvalue weighted by molar-refractivity contribution is -0.139. The minimum absolute atomic E-state index is 0.100. The molecule has 1 aromatic carbocycles.